The standard InChI is InChI=1S/C18H14Cl2N4O3S2/c1-10-3-6-15(27-2)16(7-10)29(25,26)23-17-21-18-24(22-17)14(9-28-18)12-5-4-11(19)8-13(12)20/h3-9H,1-2H3,(H,22,23). The van der Waals surface area contributed by atoms with Gasteiger partial charge in [0.1, 0.15) is 10.6 Å². The molecule has 4 aromatic rings. The van der Waals surface area contributed by atoms with E-state index >= 15 is 0 Å². The van der Waals surface area contributed by atoms with E-state index in [1.54, 1.807) is 37.3 Å². The Morgan fingerprint density at radius 3 is 2.69 bits per heavy atom. The molecule has 150 valence electrons. The highest BCUT2D eigenvalue weighted by Crippen LogP contribution is 2.33. The van der Waals surface area contributed by atoms with E-state index in [1.807, 2.05) is 5.38 Å². The van der Waals surface area contributed by atoms with Crippen molar-refractivity contribution in [2.24, 2.45) is 0 Å². The molecule has 1 N–H and O–H groups in total. The molecule has 0 aliphatic heterocycles. The summed E-state index contributed by atoms with van der Waals surface area (Å²) in [7, 11) is -2.53. The van der Waals surface area contributed by atoms with Crippen molar-refractivity contribution in [3.8, 4) is 17.0 Å². The van der Waals surface area contributed by atoms with E-state index in [4.69, 9.17) is 27.9 Å². The summed E-state index contributed by atoms with van der Waals surface area (Å²) in [5.74, 6) is 0.185. The van der Waals surface area contributed by atoms with Crippen LogP contribution in [0.2, 0.25) is 10.0 Å². The molecule has 2 aromatic carbocycles. The molecule has 0 aliphatic rings. The molecule has 0 aliphatic carbocycles. The van der Waals surface area contributed by atoms with Gasteiger partial charge in [-0.1, -0.05) is 29.3 Å². The van der Waals surface area contributed by atoms with Gasteiger partial charge in [0.05, 0.1) is 17.8 Å². The lowest BCUT2D eigenvalue weighted by molar-refractivity contribution is 0.402. The van der Waals surface area contributed by atoms with Gasteiger partial charge in [-0.25, -0.2) is 17.7 Å². The van der Waals surface area contributed by atoms with Crippen LogP contribution in [0.5, 0.6) is 5.75 Å². The molecule has 7 nitrogen and oxygen atoms in total. The quantitative estimate of drug-likeness (QED) is 0.450. The van der Waals surface area contributed by atoms with E-state index in [2.05, 4.69) is 14.8 Å². The Bertz CT molecular complexity index is 1330. The highest BCUT2D eigenvalue weighted by molar-refractivity contribution is 7.92. The van der Waals surface area contributed by atoms with E-state index < -0.39 is 10.0 Å². The summed E-state index contributed by atoms with van der Waals surface area (Å²) in [6.07, 6.45) is 0. The summed E-state index contributed by atoms with van der Waals surface area (Å²) in [5.41, 5.74) is 2.17. The number of benzene rings is 2. The van der Waals surface area contributed by atoms with Gasteiger partial charge >= 0.3 is 0 Å². The number of hydrogen-bond donors (Lipinski definition) is 1. The van der Waals surface area contributed by atoms with Crippen LogP contribution in [0.25, 0.3) is 16.2 Å². The molecule has 29 heavy (non-hydrogen) atoms. The summed E-state index contributed by atoms with van der Waals surface area (Å²) >= 11 is 13.6. The Balaban J connectivity index is 1.73. The van der Waals surface area contributed by atoms with Gasteiger partial charge in [0, 0.05) is 16.0 Å². The van der Waals surface area contributed by atoms with Gasteiger partial charge in [0.2, 0.25) is 4.96 Å². The number of sulfonamides is 1. The van der Waals surface area contributed by atoms with Crippen LogP contribution in [0.4, 0.5) is 5.95 Å². The fourth-order valence-electron chi connectivity index (χ4n) is 2.78. The molecule has 0 saturated heterocycles. The molecule has 0 radical (unpaired) electrons. The molecule has 0 fully saturated rings. The highest BCUT2D eigenvalue weighted by Gasteiger charge is 2.23. The van der Waals surface area contributed by atoms with Gasteiger partial charge in [-0.15, -0.1) is 16.4 Å². The van der Waals surface area contributed by atoms with Gasteiger partial charge in [-0.3, -0.25) is 0 Å². The van der Waals surface area contributed by atoms with Gasteiger partial charge in [-0.05, 0) is 42.8 Å². The van der Waals surface area contributed by atoms with Crippen molar-refractivity contribution < 1.29 is 13.2 Å². The Hall–Kier alpha value is -2.33. The minimum Gasteiger partial charge on any atom is -0.495 e. The third-order valence-corrected chi connectivity index (χ3v) is 6.84. The molecular formula is C18H14Cl2N4O3S2. The lowest BCUT2D eigenvalue weighted by Crippen LogP contribution is -2.15. The van der Waals surface area contributed by atoms with E-state index in [9.17, 15) is 8.42 Å². The molecule has 0 amide bonds. The predicted molar refractivity (Wildman–Crippen MR) is 115 cm³/mol. The van der Waals surface area contributed by atoms with Crippen molar-refractivity contribution in [1.82, 2.24) is 14.6 Å². The monoisotopic (exact) mass is 468 g/mol. The van der Waals surface area contributed by atoms with Crippen molar-refractivity contribution >= 4 is 55.5 Å². The van der Waals surface area contributed by atoms with Crippen LogP contribution in [0, 0.1) is 6.92 Å². The summed E-state index contributed by atoms with van der Waals surface area (Å²) in [4.78, 5) is 4.79. The zero-order valence-electron chi connectivity index (χ0n) is 15.2. The fraction of sp³-hybridized carbons (Fsp3) is 0.111. The Kier molecular flexibility index (Phi) is 5.16. The molecule has 0 spiro atoms. The molecule has 2 aromatic heterocycles. The number of aromatic nitrogens is 3. The van der Waals surface area contributed by atoms with Crippen molar-refractivity contribution in [2.75, 3.05) is 11.8 Å². The zero-order chi connectivity index (χ0) is 20.8. The maximum atomic E-state index is 12.9. The lowest BCUT2D eigenvalue weighted by Gasteiger charge is -2.10. The molecule has 0 saturated carbocycles. The molecular weight excluding hydrogens is 455 g/mol. The number of thiazole rings is 1. The summed E-state index contributed by atoms with van der Waals surface area (Å²) in [6, 6.07) is 10.0. The molecule has 11 heteroatoms. The normalized spacial score (nSPS) is 11.7. The predicted octanol–water partition coefficient (Wildman–Crippen LogP) is 4.88. The first-order chi connectivity index (χ1) is 13.8. The fourth-order valence-corrected chi connectivity index (χ4v) is 5.30. The van der Waals surface area contributed by atoms with Crippen LogP contribution < -0.4 is 9.46 Å². The van der Waals surface area contributed by atoms with Crippen LogP contribution >= 0.6 is 34.5 Å². The minimum absolute atomic E-state index is 0.0131. The second-order valence-corrected chi connectivity index (χ2v) is 9.47. The number of nitrogens with one attached hydrogen (secondary N) is 1. The van der Waals surface area contributed by atoms with E-state index in [0.717, 1.165) is 5.56 Å². The summed E-state index contributed by atoms with van der Waals surface area (Å²) in [5, 5.41) is 7.11. The third kappa shape index (κ3) is 3.78. The average Bonchev–Trinajstić information content (AvgIpc) is 3.22. The minimum atomic E-state index is -3.95. The summed E-state index contributed by atoms with van der Waals surface area (Å²) in [6.45, 7) is 1.80. The van der Waals surface area contributed by atoms with Gasteiger partial charge in [0.15, 0.2) is 0 Å². The topological polar surface area (TPSA) is 85.6 Å². The molecule has 0 atom stereocenters. The number of hydrogen-bond acceptors (Lipinski definition) is 6. The largest absolute Gasteiger partial charge is 0.495 e. The van der Waals surface area contributed by atoms with Crippen molar-refractivity contribution in [3.05, 3.63) is 57.4 Å². The Labute approximate surface area is 180 Å². The van der Waals surface area contributed by atoms with E-state index in [-0.39, 0.29) is 16.6 Å². The van der Waals surface area contributed by atoms with E-state index in [1.165, 1.54) is 29.0 Å². The number of aryl methyl sites for hydroxylation is 1. The Morgan fingerprint density at radius 2 is 1.97 bits per heavy atom. The second-order valence-electron chi connectivity index (χ2n) is 6.13. The van der Waals surface area contributed by atoms with Gasteiger partial charge in [-0.2, -0.15) is 4.98 Å². The highest BCUT2D eigenvalue weighted by atomic mass is 35.5. The van der Waals surface area contributed by atoms with Crippen LogP contribution in [-0.2, 0) is 10.0 Å². The number of methoxy groups -OCH3 is 1. The molecule has 2 heterocycles. The van der Waals surface area contributed by atoms with Crippen molar-refractivity contribution in [3.63, 3.8) is 0 Å². The maximum Gasteiger partial charge on any atom is 0.267 e. The van der Waals surface area contributed by atoms with Crippen molar-refractivity contribution in [2.45, 2.75) is 11.8 Å². The number of fused-ring (bicyclic) bond motifs is 1. The van der Waals surface area contributed by atoms with Crippen LogP contribution in [-0.4, -0.2) is 30.1 Å². The van der Waals surface area contributed by atoms with E-state index in [0.29, 0.717) is 26.3 Å². The second kappa shape index (κ2) is 7.49. The number of halogens is 2. The molecule has 0 bridgehead atoms. The number of nitrogens with zero attached hydrogens (tertiary/aromatic N) is 3. The average molecular weight is 469 g/mol. The number of rotatable bonds is 5. The number of ether oxygens (including phenoxy) is 1. The summed E-state index contributed by atoms with van der Waals surface area (Å²) < 4.78 is 34.9. The molecule has 4 rings (SSSR count). The first-order valence-electron chi connectivity index (χ1n) is 8.25. The van der Waals surface area contributed by atoms with Crippen LogP contribution in [0.15, 0.2) is 46.7 Å². The van der Waals surface area contributed by atoms with Crippen molar-refractivity contribution in [1.29, 1.82) is 0 Å². The lowest BCUT2D eigenvalue weighted by atomic mass is 10.2. The first-order valence-corrected chi connectivity index (χ1v) is 11.4. The smallest absolute Gasteiger partial charge is 0.267 e. The van der Waals surface area contributed by atoms with Crippen LogP contribution in [0.3, 0.4) is 0 Å². The molecule has 0 unspecified atom stereocenters. The SMILES string of the molecule is COc1ccc(C)cc1S(=O)(=O)Nc1nc2scc(-c3ccc(Cl)cc3Cl)n2n1. The zero-order valence-corrected chi connectivity index (χ0v) is 18.3. The first kappa shape index (κ1) is 20.0. The Morgan fingerprint density at radius 1 is 1.17 bits per heavy atom. The number of anilines is 1. The van der Waals surface area contributed by atoms with Gasteiger partial charge in [0.25, 0.3) is 16.0 Å². The third-order valence-electron chi connectivity index (χ3n) is 4.12. The van der Waals surface area contributed by atoms with Crippen LogP contribution in [0.1, 0.15) is 5.56 Å². The maximum absolute atomic E-state index is 12.9. The van der Waals surface area contributed by atoms with Gasteiger partial charge < -0.3 is 4.74 Å².